The van der Waals surface area contributed by atoms with Crippen molar-refractivity contribution >= 4 is 17.4 Å². The predicted octanol–water partition coefficient (Wildman–Crippen LogP) is 3.26. The topological polar surface area (TPSA) is 58.4 Å². The van der Waals surface area contributed by atoms with Crippen molar-refractivity contribution in [3.8, 4) is 0 Å². The highest BCUT2D eigenvalue weighted by Gasteiger charge is 2.30. The molecule has 0 saturated carbocycles. The first-order chi connectivity index (χ1) is 10.2. The van der Waals surface area contributed by atoms with Gasteiger partial charge in [-0.25, -0.2) is 4.79 Å². The smallest absolute Gasteiger partial charge is 0.318 e. The van der Waals surface area contributed by atoms with E-state index in [0.717, 1.165) is 30.8 Å². The van der Waals surface area contributed by atoms with Gasteiger partial charge >= 0.3 is 6.03 Å². The molecule has 1 aliphatic rings. The van der Waals surface area contributed by atoms with Crippen LogP contribution in [0, 0.1) is 6.92 Å². The second-order valence-corrected chi connectivity index (χ2v) is 6.25. The third-order valence-electron chi connectivity index (χ3n) is 3.84. The minimum Gasteiger partial charge on any atom is -0.361 e. The minimum atomic E-state index is -0.0284. The number of nitrogens with one attached hydrogen (secondary N) is 1. The van der Waals surface area contributed by atoms with Crippen LogP contribution in [0.2, 0.25) is 0 Å². The van der Waals surface area contributed by atoms with Gasteiger partial charge < -0.3 is 14.7 Å². The van der Waals surface area contributed by atoms with Crippen molar-refractivity contribution in [1.29, 1.82) is 0 Å². The molecule has 0 radical (unpaired) electrons. The summed E-state index contributed by atoms with van der Waals surface area (Å²) in [5.74, 6) is 0.756. The molecule has 0 unspecified atom stereocenters. The number of hydrogen-bond donors (Lipinski definition) is 1. The molecule has 0 saturated heterocycles. The summed E-state index contributed by atoms with van der Waals surface area (Å²) in [7, 11) is 0. The Kier molecular flexibility index (Phi) is 3.96. The Bertz CT molecular complexity index is 634. The van der Waals surface area contributed by atoms with Gasteiger partial charge in [0.25, 0.3) is 0 Å². The van der Waals surface area contributed by atoms with E-state index in [1.807, 2.05) is 17.9 Å². The maximum absolute atomic E-state index is 12.4. The van der Waals surface area contributed by atoms with Gasteiger partial charge in [-0.1, -0.05) is 12.1 Å². The van der Waals surface area contributed by atoms with Crippen LogP contribution in [0.1, 0.15) is 41.3 Å². The number of aromatic nitrogens is 1. The van der Waals surface area contributed by atoms with E-state index >= 15 is 0 Å². The van der Waals surface area contributed by atoms with E-state index < -0.39 is 0 Å². The molecule has 3 heterocycles. The standard InChI is InChI=1S/C15H19N3O2S/c1-3-13-12-5-7-21-14(12)4-6-18(13)15(19)16-9-11-8-10(2)20-17-11/h5,7-8,13H,3-4,6,9H2,1-2H3,(H,16,19)/t13-/m1/s1. The zero-order valence-electron chi connectivity index (χ0n) is 12.3. The number of thiophene rings is 1. The Balaban J connectivity index is 1.67. The summed E-state index contributed by atoms with van der Waals surface area (Å²) in [5.41, 5.74) is 2.06. The van der Waals surface area contributed by atoms with Crippen molar-refractivity contribution in [2.24, 2.45) is 0 Å². The molecule has 0 bridgehead atoms. The Morgan fingerprint density at radius 1 is 1.62 bits per heavy atom. The molecule has 1 N–H and O–H groups in total. The van der Waals surface area contributed by atoms with Gasteiger partial charge in [-0.05, 0) is 36.8 Å². The maximum Gasteiger partial charge on any atom is 0.318 e. The molecule has 3 rings (SSSR count). The van der Waals surface area contributed by atoms with E-state index in [0.29, 0.717) is 6.54 Å². The number of nitrogens with zero attached hydrogens (tertiary/aromatic N) is 2. The number of fused-ring (bicyclic) bond motifs is 1. The lowest BCUT2D eigenvalue weighted by atomic mass is 9.98. The van der Waals surface area contributed by atoms with Crippen LogP contribution in [0.4, 0.5) is 4.79 Å². The first-order valence-electron chi connectivity index (χ1n) is 7.22. The average molecular weight is 305 g/mol. The molecular formula is C15H19N3O2S. The second kappa shape index (κ2) is 5.89. The summed E-state index contributed by atoms with van der Waals surface area (Å²) in [6.45, 7) is 5.14. The highest BCUT2D eigenvalue weighted by molar-refractivity contribution is 7.10. The van der Waals surface area contributed by atoms with Crippen LogP contribution >= 0.6 is 11.3 Å². The monoisotopic (exact) mass is 305 g/mol. The fourth-order valence-electron chi connectivity index (χ4n) is 2.85. The van der Waals surface area contributed by atoms with E-state index in [9.17, 15) is 4.79 Å². The number of carbonyl (C=O) groups is 1. The lowest BCUT2D eigenvalue weighted by Crippen LogP contribution is -2.44. The second-order valence-electron chi connectivity index (χ2n) is 5.25. The number of carbonyl (C=O) groups excluding carboxylic acids is 1. The van der Waals surface area contributed by atoms with Crippen molar-refractivity contribution in [1.82, 2.24) is 15.4 Å². The van der Waals surface area contributed by atoms with E-state index in [2.05, 4.69) is 28.8 Å². The van der Waals surface area contributed by atoms with Crippen LogP contribution in [0.25, 0.3) is 0 Å². The fraction of sp³-hybridized carbons (Fsp3) is 0.467. The lowest BCUT2D eigenvalue weighted by Gasteiger charge is -2.35. The van der Waals surface area contributed by atoms with Crippen LogP contribution in [-0.4, -0.2) is 22.6 Å². The van der Waals surface area contributed by atoms with Gasteiger partial charge in [0, 0.05) is 17.5 Å². The molecule has 21 heavy (non-hydrogen) atoms. The summed E-state index contributed by atoms with van der Waals surface area (Å²) in [5, 5.41) is 8.95. The van der Waals surface area contributed by atoms with E-state index in [4.69, 9.17) is 4.52 Å². The molecular weight excluding hydrogens is 286 g/mol. The molecule has 6 heteroatoms. The summed E-state index contributed by atoms with van der Waals surface area (Å²) < 4.78 is 5.01. The quantitative estimate of drug-likeness (QED) is 0.947. The number of aryl methyl sites for hydroxylation is 1. The van der Waals surface area contributed by atoms with Gasteiger partial charge in [-0.2, -0.15) is 0 Å². The highest BCUT2D eigenvalue weighted by atomic mass is 32.1. The van der Waals surface area contributed by atoms with E-state index in [1.165, 1.54) is 10.4 Å². The molecule has 2 aromatic rings. The van der Waals surface area contributed by atoms with Gasteiger partial charge in [-0.15, -0.1) is 11.3 Å². The SMILES string of the molecule is CC[C@@H]1c2ccsc2CCN1C(=O)NCc1cc(C)on1. The maximum atomic E-state index is 12.4. The Morgan fingerprint density at radius 2 is 2.48 bits per heavy atom. The Labute approximate surface area is 127 Å². The number of amides is 2. The molecule has 1 atom stereocenters. The van der Waals surface area contributed by atoms with Crippen molar-refractivity contribution in [3.05, 3.63) is 39.4 Å². The normalized spacial score (nSPS) is 17.6. The van der Waals surface area contributed by atoms with Gasteiger partial charge in [-0.3, -0.25) is 0 Å². The Hall–Kier alpha value is -1.82. The van der Waals surface area contributed by atoms with Crippen LogP contribution < -0.4 is 5.32 Å². The van der Waals surface area contributed by atoms with Gasteiger partial charge in [0.15, 0.2) is 0 Å². The van der Waals surface area contributed by atoms with Gasteiger partial charge in [0.05, 0.1) is 12.6 Å². The largest absolute Gasteiger partial charge is 0.361 e. The number of urea groups is 1. The molecule has 5 nitrogen and oxygen atoms in total. The van der Waals surface area contributed by atoms with Crippen molar-refractivity contribution < 1.29 is 9.32 Å². The van der Waals surface area contributed by atoms with Crippen LogP contribution in [0.15, 0.2) is 22.0 Å². The van der Waals surface area contributed by atoms with Gasteiger partial charge in [0.1, 0.15) is 11.5 Å². The van der Waals surface area contributed by atoms with Gasteiger partial charge in [0.2, 0.25) is 0 Å². The molecule has 0 spiro atoms. The zero-order chi connectivity index (χ0) is 14.8. The first-order valence-corrected chi connectivity index (χ1v) is 8.10. The fourth-order valence-corrected chi connectivity index (χ4v) is 3.78. The highest BCUT2D eigenvalue weighted by Crippen LogP contribution is 2.35. The average Bonchev–Trinajstić information content (AvgIpc) is 3.12. The molecule has 2 aromatic heterocycles. The molecule has 1 aliphatic heterocycles. The lowest BCUT2D eigenvalue weighted by molar-refractivity contribution is 0.167. The molecule has 0 aromatic carbocycles. The summed E-state index contributed by atoms with van der Waals surface area (Å²) in [4.78, 5) is 15.8. The molecule has 0 aliphatic carbocycles. The predicted molar refractivity (Wildman–Crippen MR) is 81.2 cm³/mol. The third kappa shape index (κ3) is 2.81. The number of hydrogen-bond acceptors (Lipinski definition) is 4. The van der Waals surface area contributed by atoms with Crippen molar-refractivity contribution in [3.63, 3.8) is 0 Å². The third-order valence-corrected chi connectivity index (χ3v) is 4.84. The molecule has 0 fully saturated rings. The van der Waals surface area contributed by atoms with Crippen LogP contribution in [0.5, 0.6) is 0 Å². The summed E-state index contributed by atoms with van der Waals surface area (Å²) >= 11 is 1.79. The summed E-state index contributed by atoms with van der Waals surface area (Å²) in [6.07, 6.45) is 1.88. The van der Waals surface area contributed by atoms with Crippen LogP contribution in [0.3, 0.4) is 0 Å². The molecule has 112 valence electrons. The minimum absolute atomic E-state index is 0.0284. The van der Waals surface area contributed by atoms with Crippen molar-refractivity contribution in [2.45, 2.75) is 39.3 Å². The zero-order valence-corrected chi connectivity index (χ0v) is 13.1. The number of rotatable bonds is 3. The molecule has 2 amide bonds. The summed E-state index contributed by atoms with van der Waals surface area (Å²) in [6, 6.07) is 4.14. The van der Waals surface area contributed by atoms with E-state index in [1.54, 1.807) is 11.3 Å². The van der Waals surface area contributed by atoms with E-state index in [-0.39, 0.29) is 12.1 Å². The van der Waals surface area contributed by atoms with Crippen LogP contribution in [-0.2, 0) is 13.0 Å². The first kappa shape index (κ1) is 14.1. The van der Waals surface area contributed by atoms with Crippen molar-refractivity contribution in [2.75, 3.05) is 6.54 Å². The Morgan fingerprint density at radius 3 is 3.19 bits per heavy atom.